The second-order valence-corrected chi connectivity index (χ2v) is 10.1. The molecular weight excluding hydrogens is 476 g/mol. The maximum Gasteiger partial charge on any atom is 0.123 e. The molecule has 0 amide bonds. The number of hydrazine groups is 2. The van der Waals surface area contributed by atoms with Crippen molar-refractivity contribution in [2.45, 2.75) is 49.6 Å². The molecule has 4 N–H and O–H groups in total. The number of aromatic nitrogens is 1. The summed E-state index contributed by atoms with van der Waals surface area (Å²) in [6, 6.07) is 12.7. The topological polar surface area (TPSA) is 88.0 Å². The van der Waals surface area contributed by atoms with Gasteiger partial charge in [-0.15, -0.1) is 5.53 Å². The smallest absolute Gasteiger partial charge is 0.123 e. The van der Waals surface area contributed by atoms with Gasteiger partial charge in [0.05, 0.1) is 32.9 Å². The Morgan fingerprint density at radius 1 is 1.19 bits per heavy atom. The molecule has 0 saturated heterocycles. The minimum absolute atomic E-state index is 0.318. The van der Waals surface area contributed by atoms with Crippen LogP contribution in [0.2, 0.25) is 5.02 Å². The highest BCUT2D eigenvalue weighted by Crippen LogP contribution is 2.39. The molecule has 2 radical (unpaired) electrons. The van der Waals surface area contributed by atoms with Crippen molar-refractivity contribution in [3.63, 3.8) is 0 Å². The van der Waals surface area contributed by atoms with Gasteiger partial charge in [0.15, 0.2) is 0 Å². The highest BCUT2D eigenvalue weighted by Gasteiger charge is 2.37. The standard InChI is InChI=1S/C26H24BClFN7/c27-26(16-4-6-17(29)7-5-16,23-14-36(35-34-23)20-8-9-20)33-19-10-21-24(32-18-2-1-3-18)15(12-30)13-31-25(21)22(28)11-19/h4-7,10-11,13-14,18,20,33-35H,1-3,8-9H2,(H,31,32). The van der Waals surface area contributed by atoms with Crippen LogP contribution in [0.3, 0.4) is 0 Å². The summed E-state index contributed by atoms with van der Waals surface area (Å²) < 4.78 is 13.8. The third-order valence-electron chi connectivity index (χ3n) is 7.09. The molecule has 180 valence electrons. The Labute approximate surface area is 215 Å². The van der Waals surface area contributed by atoms with Gasteiger partial charge >= 0.3 is 0 Å². The molecule has 0 bridgehead atoms. The van der Waals surface area contributed by atoms with E-state index in [4.69, 9.17) is 19.4 Å². The van der Waals surface area contributed by atoms with Gasteiger partial charge in [-0.25, -0.2) is 4.39 Å². The van der Waals surface area contributed by atoms with Crippen molar-refractivity contribution in [1.82, 2.24) is 21.0 Å². The van der Waals surface area contributed by atoms with E-state index in [2.05, 4.69) is 32.6 Å². The van der Waals surface area contributed by atoms with Gasteiger partial charge in [-0.2, -0.15) is 5.26 Å². The Kier molecular flexibility index (Phi) is 5.66. The monoisotopic (exact) mass is 499 g/mol. The van der Waals surface area contributed by atoms with Gasteiger partial charge in [0.2, 0.25) is 0 Å². The zero-order chi connectivity index (χ0) is 24.9. The lowest BCUT2D eigenvalue weighted by atomic mass is 9.69. The van der Waals surface area contributed by atoms with Crippen molar-refractivity contribution >= 4 is 41.7 Å². The first-order valence-electron chi connectivity index (χ1n) is 12.1. The maximum atomic E-state index is 13.8. The largest absolute Gasteiger partial charge is 0.381 e. The van der Waals surface area contributed by atoms with E-state index < -0.39 is 5.44 Å². The SMILES string of the molecule is [B]C(Nc1cc(Cl)c2ncc(C#N)c(NC3CCC3)c2c1)(C1=CN(C2CC2)NN1)c1ccc(F)cc1. The van der Waals surface area contributed by atoms with Gasteiger partial charge in [0, 0.05) is 35.6 Å². The van der Waals surface area contributed by atoms with E-state index in [0.717, 1.165) is 43.2 Å². The first kappa shape index (κ1) is 23.0. The lowest BCUT2D eigenvalue weighted by Crippen LogP contribution is -2.45. The van der Waals surface area contributed by atoms with E-state index in [1.165, 1.54) is 12.1 Å². The lowest BCUT2D eigenvalue weighted by molar-refractivity contribution is 0.260. The summed E-state index contributed by atoms with van der Waals surface area (Å²) in [6.45, 7) is 0. The molecule has 1 aliphatic heterocycles. The third kappa shape index (κ3) is 4.10. The average Bonchev–Trinajstić information content (AvgIpc) is 3.57. The Balaban J connectivity index is 1.44. The summed E-state index contributed by atoms with van der Waals surface area (Å²) in [5.74, 6) is -0.345. The fourth-order valence-electron chi connectivity index (χ4n) is 4.64. The molecule has 2 fully saturated rings. The van der Waals surface area contributed by atoms with Crippen LogP contribution in [0.15, 0.2) is 54.5 Å². The molecule has 2 heterocycles. The molecule has 10 heteroatoms. The predicted molar refractivity (Wildman–Crippen MR) is 139 cm³/mol. The van der Waals surface area contributed by atoms with Crippen molar-refractivity contribution in [2.75, 3.05) is 10.6 Å². The Morgan fingerprint density at radius 3 is 2.64 bits per heavy atom. The number of benzene rings is 2. The van der Waals surface area contributed by atoms with Crippen molar-refractivity contribution in [3.8, 4) is 6.07 Å². The van der Waals surface area contributed by atoms with Crippen LogP contribution >= 0.6 is 11.6 Å². The molecule has 7 nitrogen and oxygen atoms in total. The molecule has 36 heavy (non-hydrogen) atoms. The van der Waals surface area contributed by atoms with Gasteiger partial charge < -0.3 is 16.1 Å². The molecule has 3 aliphatic rings. The van der Waals surface area contributed by atoms with Gasteiger partial charge in [0.25, 0.3) is 0 Å². The molecular formula is C26H24BClFN7. The fourth-order valence-corrected chi connectivity index (χ4v) is 4.91. The molecule has 1 unspecified atom stereocenters. The molecule has 2 saturated carbocycles. The van der Waals surface area contributed by atoms with Crippen molar-refractivity contribution in [2.24, 2.45) is 0 Å². The number of anilines is 2. The zero-order valence-corrected chi connectivity index (χ0v) is 20.2. The van der Waals surface area contributed by atoms with Crippen LogP contribution in [-0.4, -0.2) is 29.9 Å². The second kappa shape index (κ2) is 8.88. The normalized spacial score (nSPS) is 19.1. The number of pyridine rings is 1. The first-order valence-corrected chi connectivity index (χ1v) is 12.5. The van der Waals surface area contributed by atoms with E-state index in [-0.39, 0.29) is 5.82 Å². The molecule has 2 aliphatic carbocycles. The van der Waals surface area contributed by atoms with E-state index in [1.807, 2.05) is 17.3 Å². The molecule has 6 rings (SSSR count). The number of nitrogens with zero attached hydrogens (tertiary/aromatic N) is 3. The number of rotatable bonds is 7. The maximum absolute atomic E-state index is 13.8. The van der Waals surface area contributed by atoms with Crippen LogP contribution in [-0.2, 0) is 5.44 Å². The number of fused-ring (bicyclic) bond motifs is 1. The summed E-state index contributed by atoms with van der Waals surface area (Å²) in [6.07, 6.45) is 8.98. The zero-order valence-electron chi connectivity index (χ0n) is 19.5. The van der Waals surface area contributed by atoms with Crippen LogP contribution in [0, 0.1) is 17.1 Å². The number of nitriles is 1. The van der Waals surface area contributed by atoms with E-state index in [0.29, 0.717) is 45.1 Å². The Hall–Kier alpha value is -3.48. The summed E-state index contributed by atoms with van der Waals surface area (Å²) in [7, 11) is 7.03. The minimum Gasteiger partial charge on any atom is -0.381 e. The first-order chi connectivity index (χ1) is 17.4. The van der Waals surface area contributed by atoms with Crippen molar-refractivity contribution in [1.29, 1.82) is 5.26 Å². The van der Waals surface area contributed by atoms with Crippen molar-refractivity contribution in [3.05, 3.63) is 76.5 Å². The fraction of sp³-hybridized carbons (Fsp3) is 0.308. The van der Waals surface area contributed by atoms with Gasteiger partial charge in [-0.1, -0.05) is 23.7 Å². The van der Waals surface area contributed by atoms with E-state index >= 15 is 0 Å². The van der Waals surface area contributed by atoms with Crippen molar-refractivity contribution < 1.29 is 4.39 Å². The highest BCUT2D eigenvalue weighted by molar-refractivity contribution is 6.36. The quantitative estimate of drug-likeness (QED) is 0.353. The molecule has 1 aromatic heterocycles. The van der Waals surface area contributed by atoms with E-state index in [9.17, 15) is 9.65 Å². The van der Waals surface area contributed by atoms with Gasteiger partial charge in [-0.3, -0.25) is 9.99 Å². The minimum atomic E-state index is -1.23. The average molecular weight is 500 g/mol. The third-order valence-corrected chi connectivity index (χ3v) is 7.38. The number of halogens is 2. The summed E-state index contributed by atoms with van der Waals surface area (Å²) in [5, 5.41) is 19.9. The van der Waals surface area contributed by atoms with E-state index in [1.54, 1.807) is 24.4 Å². The Bertz CT molecular complexity index is 1400. The molecule has 1 atom stereocenters. The van der Waals surface area contributed by atoms with Crippen LogP contribution in [0.25, 0.3) is 10.9 Å². The van der Waals surface area contributed by atoms with Gasteiger partial charge in [-0.05, 0) is 61.9 Å². The Morgan fingerprint density at radius 2 is 1.97 bits per heavy atom. The highest BCUT2D eigenvalue weighted by atomic mass is 35.5. The molecule has 2 aromatic carbocycles. The number of nitrogens with one attached hydrogen (secondary N) is 4. The summed E-state index contributed by atoms with van der Waals surface area (Å²) >= 11 is 6.69. The number of hydrogen-bond donors (Lipinski definition) is 4. The predicted octanol–water partition coefficient (Wildman–Crippen LogP) is 4.63. The lowest BCUT2D eigenvalue weighted by Gasteiger charge is -2.34. The second-order valence-electron chi connectivity index (χ2n) is 9.64. The molecule has 3 aromatic rings. The van der Waals surface area contributed by atoms with Crippen LogP contribution in [0.1, 0.15) is 43.2 Å². The van der Waals surface area contributed by atoms with Crippen LogP contribution < -0.4 is 21.6 Å². The summed E-state index contributed by atoms with van der Waals surface area (Å²) in [5.41, 5.74) is 8.87. The summed E-state index contributed by atoms with van der Waals surface area (Å²) in [4.78, 5) is 4.45. The van der Waals surface area contributed by atoms with Crippen LogP contribution in [0.4, 0.5) is 15.8 Å². The molecule has 0 spiro atoms. The van der Waals surface area contributed by atoms with Gasteiger partial charge in [0.1, 0.15) is 19.7 Å². The van der Waals surface area contributed by atoms with Crippen LogP contribution in [0.5, 0.6) is 0 Å². The number of hydrogen-bond acceptors (Lipinski definition) is 7.